The number of rotatable bonds is 7. The topological polar surface area (TPSA) is 79.0 Å². The van der Waals surface area contributed by atoms with Crippen molar-refractivity contribution in [1.29, 1.82) is 0 Å². The molecule has 0 bridgehead atoms. The van der Waals surface area contributed by atoms with Crippen molar-refractivity contribution in [1.82, 2.24) is 10.2 Å². The summed E-state index contributed by atoms with van der Waals surface area (Å²) in [6.07, 6.45) is 0. The third kappa shape index (κ3) is 5.20. The van der Waals surface area contributed by atoms with E-state index in [9.17, 15) is 18.8 Å². The molecule has 0 spiro atoms. The lowest BCUT2D eigenvalue weighted by Crippen LogP contribution is -2.29. The van der Waals surface area contributed by atoms with E-state index < -0.39 is 11.9 Å². The Morgan fingerprint density at radius 2 is 1.71 bits per heavy atom. The third-order valence-electron chi connectivity index (χ3n) is 5.26. The van der Waals surface area contributed by atoms with Gasteiger partial charge < -0.3 is 9.64 Å². The number of urea groups is 1. The summed E-state index contributed by atoms with van der Waals surface area (Å²) in [4.78, 5) is 41.5. The lowest BCUT2D eigenvalue weighted by molar-refractivity contribution is -0.117. The molecule has 7 nitrogen and oxygen atoms in total. The molecule has 4 amide bonds. The second-order valence-electron chi connectivity index (χ2n) is 7.69. The summed E-state index contributed by atoms with van der Waals surface area (Å²) in [7, 11) is 3.15. The second kappa shape index (κ2) is 9.96. The quantitative estimate of drug-likeness (QED) is 0.511. The Hall–Kier alpha value is -3.85. The van der Waals surface area contributed by atoms with Gasteiger partial charge in [0.1, 0.15) is 18.1 Å². The Kier molecular flexibility index (Phi) is 6.83. The lowest BCUT2D eigenvalue weighted by Gasteiger charge is -2.21. The first-order valence-electron chi connectivity index (χ1n) is 10.4. The average molecular weight is 480 g/mol. The summed E-state index contributed by atoms with van der Waals surface area (Å²) in [5.41, 5.74) is 1.65. The number of methoxy groups -OCH3 is 1. The van der Waals surface area contributed by atoms with Gasteiger partial charge in [-0.05, 0) is 60.2 Å². The summed E-state index contributed by atoms with van der Waals surface area (Å²) < 4.78 is 18.4. The van der Waals surface area contributed by atoms with Crippen LogP contribution in [0.2, 0.25) is 0 Å². The summed E-state index contributed by atoms with van der Waals surface area (Å²) in [5, 5.41) is 2.22. The fourth-order valence-corrected chi connectivity index (χ4v) is 4.35. The van der Waals surface area contributed by atoms with Crippen LogP contribution in [-0.4, -0.2) is 43.4 Å². The lowest BCUT2D eigenvalue weighted by atomic mass is 10.1. The van der Waals surface area contributed by atoms with Crippen molar-refractivity contribution in [3.63, 3.8) is 0 Å². The number of benzene rings is 3. The number of anilines is 1. The molecule has 1 N–H and O–H groups in total. The summed E-state index contributed by atoms with van der Waals surface area (Å²) in [6.45, 7) is 0.257. The SMILES string of the molecule is COc1ccc(N2CC(=O)NC2=O)cc1C(=O)N(C)Cc1ccc(Sc2ccc(F)cc2)cc1. The van der Waals surface area contributed by atoms with Gasteiger partial charge in [0.15, 0.2) is 0 Å². The number of hydrogen-bond acceptors (Lipinski definition) is 5. The predicted molar refractivity (Wildman–Crippen MR) is 127 cm³/mol. The zero-order chi connectivity index (χ0) is 24.2. The van der Waals surface area contributed by atoms with Gasteiger partial charge >= 0.3 is 6.03 Å². The molecule has 9 heteroatoms. The molecule has 1 aliphatic heterocycles. The molecular weight excluding hydrogens is 457 g/mol. The van der Waals surface area contributed by atoms with Crippen LogP contribution in [0.15, 0.2) is 76.5 Å². The van der Waals surface area contributed by atoms with Crippen LogP contribution in [0.3, 0.4) is 0 Å². The Labute approximate surface area is 200 Å². The molecule has 1 saturated heterocycles. The van der Waals surface area contributed by atoms with Crippen LogP contribution in [0.5, 0.6) is 5.75 Å². The number of halogens is 1. The monoisotopic (exact) mass is 479 g/mol. The van der Waals surface area contributed by atoms with Crippen molar-refractivity contribution in [2.45, 2.75) is 16.3 Å². The van der Waals surface area contributed by atoms with Crippen LogP contribution in [0.4, 0.5) is 14.9 Å². The van der Waals surface area contributed by atoms with E-state index in [0.717, 1.165) is 15.4 Å². The Balaban J connectivity index is 1.46. The van der Waals surface area contributed by atoms with Gasteiger partial charge in [-0.2, -0.15) is 0 Å². The number of amides is 4. The molecule has 0 atom stereocenters. The zero-order valence-electron chi connectivity index (χ0n) is 18.6. The van der Waals surface area contributed by atoms with Crippen molar-refractivity contribution in [2.24, 2.45) is 0 Å². The maximum absolute atomic E-state index is 13.2. The van der Waals surface area contributed by atoms with E-state index in [1.807, 2.05) is 24.3 Å². The highest BCUT2D eigenvalue weighted by atomic mass is 32.2. The second-order valence-corrected chi connectivity index (χ2v) is 8.83. The molecule has 0 radical (unpaired) electrons. The number of carbonyl (C=O) groups excluding carboxylic acids is 3. The third-order valence-corrected chi connectivity index (χ3v) is 6.27. The van der Waals surface area contributed by atoms with Gasteiger partial charge in [-0.15, -0.1) is 0 Å². The smallest absolute Gasteiger partial charge is 0.329 e. The van der Waals surface area contributed by atoms with Gasteiger partial charge in [0.25, 0.3) is 5.91 Å². The van der Waals surface area contributed by atoms with Crippen molar-refractivity contribution >= 4 is 35.3 Å². The standard InChI is InChI=1S/C25H22FN3O4S/c1-28(14-16-3-8-19(9-4-16)34-20-10-5-17(26)6-11-20)24(31)21-13-18(7-12-22(21)33-2)29-15-23(30)27-25(29)32/h3-13H,14-15H2,1-2H3,(H,27,30,32). The minimum Gasteiger partial charge on any atom is -0.496 e. The molecule has 0 saturated carbocycles. The highest BCUT2D eigenvalue weighted by Gasteiger charge is 2.29. The number of carbonyl (C=O) groups is 3. The first kappa shape index (κ1) is 23.3. The Morgan fingerprint density at radius 3 is 2.29 bits per heavy atom. The number of nitrogens with zero attached hydrogens (tertiary/aromatic N) is 2. The molecule has 34 heavy (non-hydrogen) atoms. The molecule has 1 heterocycles. The van der Waals surface area contributed by atoms with E-state index >= 15 is 0 Å². The van der Waals surface area contributed by atoms with Gasteiger partial charge in [0.2, 0.25) is 5.91 Å². The zero-order valence-corrected chi connectivity index (χ0v) is 19.4. The molecule has 174 valence electrons. The average Bonchev–Trinajstić information content (AvgIpc) is 3.18. The minimum absolute atomic E-state index is 0.100. The van der Waals surface area contributed by atoms with Crippen LogP contribution in [0.1, 0.15) is 15.9 Å². The number of nitrogens with one attached hydrogen (secondary N) is 1. The molecule has 1 fully saturated rings. The summed E-state index contributed by atoms with van der Waals surface area (Å²) in [6, 6.07) is 18.3. The molecule has 0 aromatic heterocycles. The maximum Gasteiger partial charge on any atom is 0.329 e. The van der Waals surface area contributed by atoms with E-state index in [4.69, 9.17) is 4.74 Å². The first-order chi connectivity index (χ1) is 16.3. The van der Waals surface area contributed by atoms with Gasteiger partial charge in [-0.3, -0.25) is 19.8 Å². The van der Waals surface area contributed by atoms with E-state index in [0.29, 0.717) is 18.0 Å². The van der Waals surface area contributed by atoms with Crippen LogP contribution < -0.4 is 15.0 Å². The normalized spacial score (nSPS) is 13.1. The van der Waals surface area contributed by atoms with Gasteiger partial charge in [-0.25, -0.2) is 9.18 Å². The van der Waals surface area contributed by atoms with Crippen molar-refractivity contribution < 1.29 is 23.5 Å². The molecule has 0 unspecified atom stereocenters. The van der Waals surface area contributed by atoms with Gasteiger partial charge in [0.05, 0.1) is 12.7 Å². The molecule has 3 aromatic carbocycles. The van der Waals surface area contributed by atoms with Crippen LogP contribution in [-0.2, 0) is 11.3 Å². The minimum atomic E-state index is -0.527. The largest absolute Gasteiger partial charge is 0.496 e. The predicted octanol–water partition coefficient (Wildman–Crippen LogP) is 4.31. The van der Waals surface area contributed by atoms with Crippen molar-refractivity contribution in [3.8, 4) is 5.75 Å². The summed E-state index contributed by atoms with van der Waals surface area (Å²) in [5.74, 6) is -0.578. The van der Waals surface area contributed by atoms with Crippen molar-refractivity contribution in [3.05, 3.63) is 83.7 Å². The molecule has 0 aliphatic carbocycles. The van der Waals surface area contributed by atoms with Crippen molar-refractivity contribution in [2.75, 3.05) is 25.6 Å². The van der Waals surface area contributed by atoms with Gasteiger partial charge in [-0.1, -0.05) is 23.9 Å². The van der Waals surface area contributed by atoms with Crippen LogP contribution in [0.25, 0.3) is 0 Å². The summed E-state index contributed by atoms with van der Waals surface area (Å²) >= 11 is 1.52. The van der Waals surface area contributed by atoms with E-state index in [-0.39, 0.29) is 23.8 Å². The fraction of sp³-hybridized carbons (Fsp3) is 0.160. The first-order valence-corrected chi connectivity index (χ1v) is 11.2. The number of imide groups is 1. The fourth-order valence-electron chi connectivity index (χ4n) is 3.53. The Morgan fingerprint density at radius 1 is 1.06 bits per heavy atom. The molecule has 4 rings (SSSR count). The highest BCUT2D eigenvalue weighted by Crippen LogP contribution is 2.29. The van der Waals surface area contributed by atoms with E-state index in [1.165, 1.54) is 35.9 Å². The van der Waals surface area contributed by atoms with E-state index in [1.54, 1.807) is 42.3 Å². The van der Waals surface area contributed by atoms with Crippen LogP contribution in [0, 0.1) is 5.82 Å². The number of ether oxygens (including phenoxy) is 1. The highest BCUT2D eigenvalue weighted by molar-refractivity contribution is 7.99. The maximum atomic E-state index is 13.2. The molecule has 3 aromatic rings. The number of hydrogen-bond donors (Lipinski definition) is 1. The Bertz CT molecular complexity index is 1230. The molecule has 1 aliphatic rings. The van der Waals surface area contributed by atoms with E-state index in [2.05, 4.69) is 5.32 Å². The molecular formula is C25H22FN3O4S. The van der Waals surface area contributed by atoms with Gasteiger partial charge in [0, 0.05) is 29.1 Å². The van der Waals surface area contributed by atoms with Crippen LogP contribution >= 0.6 is 11.8 Å².